The molecule has 5 N–H and O–H groups in total. The number of carbonyl (C=O) groups excluding carboxylic acids is 5. The third kappa shape index (κ3) is 9.21. The number of nitrogens with two attached hydrogens (primary N) is 1. The smallest absolute Gasteiger partial charge is 0.328 e. The van der Waals surface area contributed by atoms with Crippen LogP contribution in [0.5, 0.6) is 0 Å². The van der Waals surface area contributed by atoms with Crippen LogP contribution in [0, 0.1) is 6.92 Å². The van der Waals surface area contributed by atoms with Crippen LogP contribution in [0.25, 0.3) is 10.8 Å². The molecule has 10 nitrogen and oxygen atoms in total. The number of ketones is 1. The molecule has 3 aromatic rings. The van der Waals surface area contributed by atoms with Gasteiger partial charge in [-0.3, -0.25) is 19.2 Å². The van der Waals surface area contributed by atoms with Crippen LogP contribution >= 0.6 is 0 Å². The molecule has 0 fully saturated rings. The molecule has 2 atom stereocenters. The van der Waals surface area contributed by atoms with Crippen molar-refractivity contribution in [2.24, 2.45) is 5.73 Å². The second-order valence-electron chi connectivity index (χ2n) is 10.4. The van der Waals surface area contributed by atoms with Gasteiger partial charge in [0.05, 0.1) is 18.4 Å². The average Bonchev–Trinajstić information content (AvgIpc) is 3.02. The second kappa shape index (κ2) is 16.2. The number of rotatable bonds is 15. The SMILES string of the molecule is CCCCCC(NC(=O)C(=O)c1cc(C)ccc1NC(=O)c1ccc2ccccc2c1)C(=O)NC(CCCN)C(=O)OC. The Morgan fingerprint density at radius 2 is 1.56 bits per heavy atom. The Bertz CT molecular complexity index is 1470. The van der Waals surface area contributed by atoms with Gasteiger partial charge in [0.2, 0.25) is 5.91 Å². The van der Waals surface area contributed by atoms with Crippen molar-refractivity contribution in [2.75, 3.05) is 19.0 Å². The lowest BCUT2D eigenvalue weighted by atomic mass is 10.0. The van der Waals surface area contributed by atoms with Crippen molar-refractivity contribution in [3.8, 4) is 0 Å². The van der Waals surface area contributed by atoms with E-state index in [0.29, 0.717) is 30.5 Å². The molecule has 0 aromatic heterocycles. The van der Waals surface area contributed by atoms with Gasteiger partial charge in [-0.05, 0) is 67.8 Å². The number of unbranched alkanes of at least 4 members (excludes halogenated alkanes) is 2. The predicted molar refractivity (Wildman–Crippen MR) is 166 cm³/mol. The molecule has 0 radical (unpaired) electrons. The molecule has 43 heavy (non-hydrogen) atoms. The summed E-state index contributed by atoms with van der Waals surface area (Å²) in [5, 5.41) is 9.82. The number of ether oxygens (including phenoxy) is 1. The third-order valence-electron chi connectivity index (χ3n) is 7.10. The number of anilines is 1. The molecule has 0 aliphatic rings. The zero-order chi connectivity index (χ0) is 31.4. The number of methoxy groups -OCH3 is 1. The molecule has 3 rings (SSSR count). The van der Waals surface area contributed by atoms with Crippen LogP contribution in [0.2, 0.25) is 0 Å². The number of benzene rings is 3. The first-order chi connectivity index (χ1) is 20.7. The van der Waals surface area contributed by atoms with E-state index >= 15 is 0 Å². The van der Waals surface area contributed by atoms with Crippen LogP contribution in [-0.4, -0.2) is 55.2 Å². The van der Waals surface area contributed by atoms with Crippen LogP contribution in [0.4, 0.5) is 5.69 Å². The van der Waals surface area contributed by atoms with Gasteiger partial charge < -0.3 is 26.4 Å². The normalized spacial score (nSPS) is 12.2. The van der Waals surface area contributed by atoms with E-state index in [1.807, 2.05) is 37.3 Å². The molecule has 0 bridgehead atoms. The Hall–Kier alpha value is -4.57. The fourth-order valence-electron chi connectivity index (χ4n) is 4.68. The van der Waals surface area contributed by atoms with E-state index in [-0.39, 0.29) is 24.1 Å². The highest BCUT2D eigenvalue weighted by Crippen LogP contribution is 2.21. The zero-order valence-electron chi connectivity index (χ0n) is 24.9. The maximum atomic E-state index is 13.4. The highest BCUT2D eigenvalue weighted by molar-refractivity contribution is 6.44. The van der Waals surface area contributed by atoms with Gasteiger partial charge in [-0.25, -0.2) is 4.79 Å². The summed E-state index contributed by atoms with van der Waals surface area (Å²) >= 11 is 0. The van der Waals surface area contributed by atoms with E-state index in [9.17, 15) is 24.0 Å². The number of fused-ring (bicyclic) bond motifs is 1. The monoisotopic (exact) mass is 588 g/mol. The Morgan fingerprint density at radius 1 is 0.837 bits per heavy atom. The van der Waals surface area contributed by atoms with Crippen LogP contribution in [-0.2, 0) is 19.1 Å². The second-order valence-corrected chi connectivity index (χ2v) is 10.4. The average molecular weight is 589 g/mol. The lowest BCUT2D eigenvalue weighted by Crippen LogP contribution is -2.53. The lowest BCUT2D eigenvalue weighted by Gasteiger charge is -2.22. The Morgan fingerprint density at radius 3 is 2.26 bits per heavy atom. The molecule has 0 aliphatic carbocycles. The predicted octanol–water partition coefficient (Wildman–Crippen LogP) is 4.05. The molecule has 2 unspecified atom stereocenters. The minimum absolute atomic E-state index is 0.00487. The van der Waals surface area contributed by atoms with Gasteiger partial charge >= 0.3 is 5.97 Å². The van der Waals surface area contributed by atoms with Crippen molar-refractivity contribution in [2.45, 2.75) is 64.5 Å². The molecule has 0 heterocycles. The Balaban J connectivity index is 1.80. The summed E-state index contributed by atoms with van der Waals surface area (Å²) in [5.41, 5.74) is 6.83. The molecule has 0 saturated heterocycles. The van der Waals surface area contributed by atoms with Gasteiger partial charge in [0.15, 0.2) is 0 Å². The summed E-state index contributed by atoms with van der Waals surface area (Å²) in [6.07, 6.45) is 3.32. The van der Waals surface area contributed by atoms with E-state index in [1.54, 1.807) is 31.2 Å². The first-order valence-corrected chi connectivity index (χ1v) is 14.5. The van der Waals surface area contributed by atoms with Gasteiger partial charge in [-0.2, -0.15) is 0 Å². The summed E-state index contributed by atoms with van der Waals surface area (Å²) in [4.78, 5) is 65.2. The number of hydrogen-bond acceptors (Lipinski definition) is 7. The summed E-state index contributed by atoms with van der Waals surface area (Å²) in [6.45, 7) is 4.09. The van der Waals surface area contributed by atoms with E-state index in [1.165, 1.54) is 13.2 Å². The number of Topliss-reactive ketones (excluding diaryl/α,β-unsaturated/α-hetero) is 1. The van der Waals surface area contributed by atoms with Crippen LogP contribution < -0.4 is 21.7 Å². The summed E-state index contributed by atoms with van der Waals surface area (Å²) < 4.78 is 4.80. The molecule has 0 spiro atoms. The molecule has 3 amide bonds. The third-order valence-corrected chi connectivity index (χ3v) is 7.10. The fraction of sp³-hybridized carbons (Fsp3) is 0.364. The topological polar surface area (TPSA) is 157 Å². The minimum atomic E-state index is -1.06. The molecule has 0 saturated carbocycles. The first kappa shape index (κ1) is 32.9. The van der Waals surface area contributed by atoms with Gasteiger partial charge in [0, 0.05) is 5.56 Å². The summed E-state index contributed by atoms with van der Waals surface area (Å²) in [7, 11) is 1.22. The van der Waals surface area contributed by atoms with Crippen LogP contribution in [0.3, 0.4) is 0 Å². The quantitative estimate of drug-likeness (QED) is 0.0903. The number of esters is 1. The van der Waals surface area contributed by atoms with Gasteiger partial charge in [-0.15, -0.1) is 0 Å². The van der Waals surface area contributed by atoms with E-state index < -0.39 is 41.6 Å². The van der Waals surface area contributed by atoms with Crippen molar-refractivity contribution in [1.82, 2.24) is 10.6 Å². The van der Waals surface area contributed by atoms with E-state index in [2.05, 4.69) is 16.0 Å². The summed E-state index contributed by atoms with van der Waals surface area (Å²) in [6, 6.07) is 15.7. The van der Waals surface area contributed by atoms with Crippen molar-refractivity contribution in [3.05, 3.63) is 77.4 Å². The zero-order valence-corrected chi connectivity index (χ0v) is 24.9. The van der Waals surface area contributed by atoms with Crippen LogP contribution in [0.15, 0.2) is 60.7 Å². The van der Waals surface area contributed by atoms with Gasteiger partial charge in [-0.1, -0.05) is 68.1 Å². The van der Waals surface area contributed by atoms with Gasteiger partial charge in [0.1, 0.15) is 12.1 Å². The molecular formula is C33H40N4O6. The number of carbonyl (C=O) groups is 5. The van der Waals surface area contributed by atoms with Gasteiger partial charge in [0.25, 0.3) is 17.6 Å². The highest BCUT2D eigenvalue weighted by atomic mass is 16.5. The number of hydrogen-bond donors (Lipinski definition) is 4. The molecular weight excluding hydrogens is 548 g/mol. The highest BCUT2D eigenvalue weighted by Gasteiger charge is 2.29. The van der Waals surface area contributed by atoms with E-state index in [4.69, 9.17) is 10.5 Å². The lowest BCUT2D eigenvalue weighted by molar-refractivity contribution is -0.145. The van der Waals surface area contributed by atoms with Crippen molar-refractivity contribution < 1.29 is 28.7 Å². The number of amides is 3. The molecule has 228 valence electrons. The largest absolute Gasteiger partial charge is 0.467 e. The maximum Gasteiger partial charge on any atom is 0.328 e. The maximum absolute atomic E-state index is 13.4. The minimum Gasteiger partial charge on any atom is -0.467 e. The van der Waals surface area contributed by atoms with E-state index in [0.717, 1.165) is 23.6 Å². The number of nitrogens with one attached hydrogen (secondary N) is 3. The molecule has 3 aromatic carbocycles. The first-order valence-electron chi connectivity index (χ1n) is 14.5. The summed E-state index contributed by atoms with van der Waals surface area (Å²) in [5.74, 6) is -3.56. The number of aryl methyl sites for hydroxylation is 1. The molecule has 0 aliphatic heterocycles. The van der Waals surface area contributed by atoms with Crippen molar-refractivity contribution >= 4 is 45.9 Å². The van der Waals surface area contributed by atoms with Crippen molar-refractivity contribution in [3.63, 3.8) is 0 Å². The fourth-order valence-corrected chi connectivity index (χ4v) is 4.68. The standard InChI is InChI=1S/C33H40N4O6/c1-4-5-6-12-27(31(40)37-28(13-9-18-34)33(42)43-3)36-32(41)29(38)25-19-21(2)14-17-26(25)35-30(39)24-16-15-22-10-7-8-11-23(22)20-24/h7-8,10-11,14-17,19-20,27-28H,4-6,9,12-13,18,34H2,1-3H3,(H,35,39)(H,36,41)(H,37,40). The van der Waals surface area contributed by atoms with Crippen LogP contribution in [0.1, 0.15) is 71.7 Å². The Labute approximate surface area is 251 Å². The Kier molecular flexibility index (Phi) is 12.4. The molecule has 10 heteroatoms. The van der Waals surface area contributed by atoms with Crippen molar-refractivity contribution in [1.29, 1.82) is 0 Å².